The van der Waals surface area contributed by atoms with Crippen molar-refractivity contribution in [1.82, 2.24) is 20.2 Å². The van der Waals surface area contributed by atoms with Crippen LogP contribution in [0.15, 0.2) is 59.5 Å². The first kappa shape index (κ1) is 20.6. The molecule has 0 amide bonds. The second-order valence-corrected chi connectivity index (χ2v) is 7.62. The van der Waals surface area contributed by atoms with Gasteiger partial charge in [0.25, 0.3) is 5.89 Å². The molecule has 3 heterocycles. The summed E-state index contributed by atoms with van der Waals surface area (Å²) in [5.74, 6) is 1.80. The van der Waals surface area contributed by atoms with Crippen LogP contribution in [0.1, 0.15) is 5.56 Å². The highest BCUT2D eigenvalue weighted by molar-refractivity contribution is 5.77. The van der Waals surface area contributed by atoms with Gasteiger partial charge in [-0.1, -0.05) is 5.10 Å². The molecule has 0 atom stereocenters. The molecular weight excluding hydrogens is 422 g/mol. The van der Waals surface area contributed by atoms with Crippen LogP contribution in [-0.4, -0.2) is 47.5 Å². The van der Waals surface area contributed by atoms with Gasteiger partial charge in [-0.2, -0.15) is 0 Å². The van der Waals surface area contributed by atoms with E-state index in [0.717, 1.165) is 33.9 Å². The van der Waals surface area contributed by atoms with Crippen molar-refractivity contribution in [2.45, 2.75) is 6.54 Å². The summed E-state index contributed by atoms with van der Waals surface area (Å²) in [6.45, 7) is 1.63. The van der Waals surface area contributed by atoms with Crippen LogP contribution in [0.25, 0.3) is 11.5 Å². The zero-order chi connectivity index (χ0) is 22.6. The average molecular weight is 445 g/mol. The lowest BCUT2D eigenvalue weighted by Gasteiger charge is -2.18. The van der Waals surface area contributed by atoms with Gasteiger partial charge in [0.05, 0.1) is 5.56 Å². The van der Waals surface area contributed by atoms with E-state index < -0.39 is 0 Å². The van der Waals surface area contributed by atoms with Crippen molar-refractivity contribution in [3.8, 4) is 23.0 Å². The Kier molecular flexibility index (Phi) is 5.62. The normalized spacial score (nSPS) is 12.3. The number of hydrogen-bond donors (Lipinski definition) is 2. The SMILES string of the molecule is CN(C)c1ccc(-c2nnc(Nc3ccc4c(c3)OCCO4)o2)c(NCc2cncnc2)c1. The van der Waals surface area contributed by atoms with Crippen LogP contribution in [0.3, 0.4) is 0 Å². The second kappa shape index (κ2) is 9.03. The Morgan fingerprint density at radius 3 is 2.58 bits per heavy atom. The van der Waals surface area contributed by atoms with Crippen molar-refractivity contribution >= 4 is 23.1 Å². The standard InChI is InChI=1S/C23H23N7O3/c1-30(2)17-4-5-18(19(10-17)26-13-15-11-24-14-25-12-15)22-28-29-23(33-22)27-16-3-6-20-21(9-16)32-8-7-31-20/h3-6,9-12,14,26H,7-8,13H2,1-2H3,(H,27,29). The minimum absolute atomic E-state index is 0.278. The number of anilines is 4. The van der Waals surface area contributed by atoms with E-state index in [2.05, 4.69) is 30.8 Å². The molecule has 2 N–H and O–H groups in total. The van der Waals surface area contributed by atoms with E-state index >= 15 is 0 Å². The highest BCUT2D eigenvalue weighted by Gasteiger charge is 2.16. The van der Waals surface area contributed by atoms with Gasteiger partial charge in [-0.15, -0.1) is 5.10 Å². The van der Waals surface area contributed by atoms with Crippen LogP contribution in [0.2, 0.25) is 0 Å². The van der Waals surface area contributed by atoms with Crippen molar-refractivity contribution in [2.24, 2.45) is 0 Å². The molecule has 10 heteroatoms. The van der Waals surface area contributed by atoms with Crippen molar-refractivity contribution in [3.63, 3.8) is 0 Å². The molecule has 0 fully saturated rings. The number of nitrogens with zero attached hydrogens (tertiary/aromatic N) is 5. The molecule has 0 saturated heterocycles. The van der Waals surface area contributed by atoms with Gasteiger partial charge in [-0.3, -0.25) is 0 Å². The van der Waals surface area contributed by atoms with Crippen LogP contribution in [0.4, 0.5) is 23.1 Å². The predicted molar refractivity (Wildman–Crippen MR) is 124 cm³/mol. The molecule has 0 aliphatic carbocycles. The maximum Gasteiger partial charge on any atom is 0.320 e. The summed E-state index contributed by atoms with van der Waals surface area (Å²) >= 11 is 0. The van der Waals surface area contributed by atoms with E-state index in [9.17, 15) is 0 Å². The van der Waals surface area contributed by atoms with E-state index in [4.69, 9.17) is 13.9 Å². The average Bonchev–Trinajstić information content (AvgIpc) is 3.31. The van der Waals surface area contributed by atoms with E-state index in [1.165, 1.54) is 6.33 Å². The highest BCUT2D eigenvalue weighted by Crippen LogP contribution is 2.35. The van der Waals surface area contributed by atoms with Gasteiger partial charge in [0, 0.05) is 61.7 Å². The lowest BCUT2D eigenvalue weighted by atomic mass is 10.1. The van der Waals surface area contributed by atoms with Crippen LogP contribution in [0.5, 0.6) is 11.5 Å². The lowest BCUT2D eigenvalue weighted by molar-refractivity contribution is 0.171. The molecule has 0 radical (unpaired) electrons. The number of hydrogen-bond acceptors (Lipinski definition) is 10. The van der Waals surface area contributed by atoms with E-state index in [-0.39, 0.29) is 6.01 Å². The zero-order valence-corrected chi connectivity index (χ0v) is 18.3. The third-order valence-electron chi connectivity index (χ3n) is 5.07. The summed E-state index contributed by atoms with van der Waals surface area (Å²) in [6.07, 6.45) is 5.06. The van der Waals surface area contributed by atoms with Crippen LogP contribution < -0.4 is 25.0 Å². The Labute approximate surface area is 190 Å². The number of nitrogens with one attached hydrogen (secondary N) is 2. The molecule has 1 aliphatic heterocycles. The maximum atomic E-state index is 5.93. The molecule has 0 bridgehead atoms. The van der Waals surface area contributed by atoms with Crippen LogP contribution in [0, 0.1) is 0 Å². The Morgan fingerprint density at radius 1 is 0.939 bits per heavy atom. The zero-order valence-electron chi connectivity index (χ0n) is 18.3. The van der Waals surface area contributed by atoms with Crippen LogP contribution in [-0.2, 0) is 6.54 Å². The third-order valence-corrected chi connectivity index (χ3v) is 5.07. The highest BCUT2D eigenvalue weighted by atomic mass is 16.6. The number of ether oxygens (including phenoxy) is 2. The molecule has 4 aromatic rings. The number of rotatable bonds is 7. The smallest absolute Gasteiger partial charge is 0.320 e. The third kappa shape index (κ3) is 4.64. The second-order valence-electron chi connectivity index (χ2n) is 7.62. The molecule has 5 rings (SSSR count). The lowest BCUT2D eigenvalue weighted by Crippen LogP contribution is -2.15. The molecule has 33 heavy (non-hydrogen) atoms. The van der Waals surface area contributed by atoms with Gasteiger partial charge in [0.1, 0.15) is 19.5 Å². The summed E-state index contributed by atoms with van der Waals surface area (Å²) in [5.41, 5.74) is 4.42. The number of fused-ring (bicyclic) bond motifs is 1. The first-order chi connectivity index (χ1) is 16.2. The predicted octanol–water partition coefficient (Wildman–Crippen LogP) is 3.72. The summed E-state index contributed by atoms with van der Waals surface area (Å²) in [4.78, 5) is 10.2. The first-order valence-electron chi connectivity index (χ1n) is 10.5. The molecule has 0 unspecified atom stereocenters. The minimum Gasteiger partial charge on any atom is -0.486 e. The molecule has 1 aliphatic rings. The molecule has 168 valence electrons. The summed E-state index contributed by atoms with van der Waals surface area (Å²) in [7, 11) is 3.98. The monoisotopic (exact) mass is 445 g/mol. The van der Waals surface area contributed by atoms with Gasteiger partial charge < -0.3 is 29.4 Å². The van der Waals surface area contributed by atoms with Crippen LogP contribution >= 0.6 is 0 Å². The Bertz CT molecular complexity index is 1240. The summed E-state index contributed by atoms with van der Waals surface area (Å²) < 4.78 is 17.1. The first-order valence-corrected chi connectivity index (χ1v) is 10.5. The van der Waals surface area contributed by atoms with Crippen molar-refractivity contribution in [3.05, 3.63) is 60.7 Å². The van der Waals surface area contributed by atoms with Crippen molar-refractivity contribution in [2.75, 3.05) is 42.8 Å². The molecule has 0 saturated carbocycles. The maximum absolute atomic E-state index is 5.93. The number of benzene rings is 2. The topological polar surface area (TPSA) is 110 Å². The van der Waals surface area contributed by atoms with Gasteiger partial charge in [0.2, 0.25) is 0 Å². The fraction of sp³-hybridized carbons (Fsp3) is 0.217. The molecule has 2 aromatic carbocycles. The summed E-state index contributed by atoms with van der Waals surface area (Å²) in [5, 5.41) is 15.0. The van der Waals surface area contributed by atoms with E-state index in [1.54, 1.807) is 12.4 Å². The molecular formula is C23H23N7O3. The quantitative estimate of drug-likeness (QED) is 0.437. The van der Waals surface area contributed by atoms with Crippen molar-refractivity contribution < 1.29 is 13.9 Å². The Morgan fingerprint density at radius 2 is 1.76 bits per heavy atom. The van der Waals surface area contributed by atoms with Gasteiger partial charge in [0.15, 0.2) is 11.5 Å². The fourth-order valence-corrected chi connectivity index (χ4v) is 3.39. The Balaban J connectivity index is 1.38. The van der Waals surface area contributed by atoms with E-state index in [0.29, 0.717) is 31.4 Å². The van der Waals surface area contributed by atoms with Gasteiger partial charge >= 0.3 is 6.01 Å². The van der Waals surface area contributed by atoms with E-state index in [1.807, 2.05) is 55.4 Å². The largest absolute Gasteiger partial charge is 0.486 e. The molecule has 2 aromatic heterocycles. The Hall–Kier alpha value is -4.34. The fourth-order valence-electron chi connectivity index (χ4n) is 3.39. The summed E-state index contributed by atoms with van der Waals surface area (Å²) in [6, 6.07) is 11.9. The van der Waals surface area contributed by atoms with Crippen molar-refractivity contribution in [1.29, 1.82) is 0 Å². The van der Waals surface area contributed by atoms with Gasteiger partial charge in [-0.05, 0) is 30.3 Å². The minimum atomic E-state index is 0.278. The molecule has 0 spiro atoms. The van der Waals surface area contributed by atoms with Gasteiger partial charge in [-0.25, -0.2) is 9.97 Å². The number of aromatic nitrogens is 4. The molecule has 10 nitrogen and oxygen atoms in total.